The number of hydrogen-bond acceptors (Lipinski definition) is 7. The highest BCUT2D eigenvalue weighted by Gasteiger charge is 2.25. The summed E-state index contributed by atoms with van der Waals surface area (Å²) < 4.78 is 5.01. The average molecular weight is 311 g/mol. The molecule has 0 spiro atoms. The summed E-state index contributed by atoms with van der Waals surface area (Å²) >= 11 is 1.25. The Hall–Kier alpha value is -1.63. The van der Waals surface area contributed by atoms with Crippen LogP contribution in [-0.4, -0.2) is 29.4 Å². The zero-order chi connectivity index (χ0) is 15.2. The summed E-state index contributed by atoms with van der Waals surface area (Å²) in [5.41, 5.74) is 6.10. The number of esters is 1. The van der Waals surface area contributed by atoms with Crippen molar-refractivity contribution in [2.24, 2.45) is 11.1 Å². The fourth-order valence-electron chi connectivity index (χ4n) is 2.34. The van der Waals surface area contributed by atoms with Crippen molar-refractivity contribution in [3.05, 3.63) is 11.1 Å². The molecule has 0 saturated heterocycles. The minimum Gasteiger partial charge on any atom is -0.461 e. The second-order valence-corrected chi connectivity index (χ2v) is 6.03. The van der Waals surface area contributed by atoms with Crippen LogP contribution in [-0.2, 0) is 14.4 Å². The lowest BCUT2D eigenvalue weighted by molar-refractivity contribution is -0.135. The first kappa shape index (κ1) is 15.8. The summed E-state index contributed by atoms with van der Waals surface area (Å²) in [6.07, 6.45) is 4.47. The third-order valence-corrected chi connectivity index (χ3v) is 4.22. The van der Waals surface area contributed by atoms with Crippen molar-refractivity contribution in [2.75, 3.05) is 12.3 Å². The van der Waals surface area contributed by atoms with Gasteiger partial charge in [-0.15, -0.1) is 11.3 Å². The summed E-state index contributed by atoms with van der Waals surface area (Å²) in [6.45, 7) is 4.16. The van der Waals surface area contributed by atoms with Crippen molar-refractivity contribution in [2.45, 2.75) is 45.6 Å². The highest BCUT2D eigenvalue weighted by molar-refractivity contribution is 7.13. The highest BCUT2D eigenvalue weighted by Crippen LogP contribution is 2.26. The van der Waals surface area contributed by atoms with E-state index in [9.17, 15) is 4.79 Å². The zero-order valence-corrected chi connectivity index (χ0v) is 13.2. The maximum atomic E-state index is 12.0. The van der Waals surface area contributed by atoms with E-state index < -0.39 is 5.97 Å². The van der Waals surface area contributed by atoms with Crippen LogP contribution >= 0.6 is 11.3 Å². The number of thiazole rings is 1. The first-order valence-electron chi connectivity index (χ1n) is 7.24. The summed E-state index contributed by atoms with van der Waals surface area (Å²) in [6, 6.07) is 0. The van der Waals surface area contributed by atoms with E-state index in [0.717, 1.165) is 19.3 Å². The Morgan fingerprint density at radius 3 is 2.90 bits per heavy atom. The van der Waals surface area contributed by atoms with Crippen LogP contribution in [0.5, 0.6) is 0 Å². The second kappa shape index (κ2) is 7.40. The number of carbonyl (C=O) groups excluding carboxylic acids is 1. The van der Waals surface area contributed by atoms with Gasteiger partial charge in [0.05, 0.1) is 6.61 Å². The predicted molar refractivity (Wildman–Crippen MR) is 82.2 cm³/mol. The molecule has 1 aliphatic rings. The summed E-state index contributed by atoms with van der Waals surface area (Å²) in [5.74, 6) is -0.0993. The van der Waals surface area contributed by atoms with Crippen molar-refractivity contribution in [3.8, 4) is 0 Å². The van der Waals surface area contributed by atoms with Crippen molar-refractivity contribution in [1.29, 1.82) is 0 Å². The molecule has 1 saturated carbocycles. The van der Waals surface area contributed by atoms with Gasteiger partial charge in [-0.3, -0.25) is 0 Å². The lowest BCUT2D eigenvalue weighted by Gasteiger charge is -2.26. The third-order valence-electron chi connectivity index (χ3n) is 3.55. The van der Waals surface area contributed by atoms with Crippen LogP contribution in [0.25, 0.3) is 0 Å². The van der Waals surface area contributed by atoms with Gasteiger partial charge in [-0.1, -0.05) is 18.5 Å². The van der Waals surface area contributed by atoms with E-state index in [1.165, 1.54) is 17.8 Å². The molecule has 6 nitrogen and oxygen atoms in total. The van der Waals surface area contributed by atoms with Crippen LogP contribution < -0.4 is 5.73 Å². The molecular weight excluding hydrogens is 290 g/mol. The van der Waals surface area contributed by atoms with Crippen molar-refractivity contribution in [3.63, 3.8) is 0 Å². The molecule has 21 heavy (non-hydrogen) atoms. The predicted octanol–water partition coefficient (Wildman–Crippen LogP) is 2.59. The van der Waals surface area contributed by atoms with E-state index in [4.69, 9.17) is 15.3 Å². The number of aromatic nitrogens is 1. The molecule has 0 aliphatic heterocycles. The summed E-state index contributed by atoms with van der Waals surface area (Å²) in [4.78, 5) is 21.7. The molecule has 1 aliphatic carbocycles. The van der Waals surface area contributed by atoms with Gasteiger partial charge in [0.15, 0.2) is 5.13 Å². The number of nitrogen functional groups attached to an aromatic ring is 1. The van der Waals surface area contributed by atoms with Gasteiger partial charge in [-0.25, -0.2) is 9.78 Å². The second-order valence-electron chi connectivity index (χ2n) is 5.14. The fourth-order valence-corrected chi connectivity index (χ4v) is 2.89. The number of carbonyl (C=O) groups is 1. The van der Waals surface area contributed by atoms with E-state index in [1.807, 2.05) is 0 Å². The molecule has 1 heterocycles. The van der Waals surface area contributed by atoms with Crippen LogP contribution in [0.15, 0.2) is 10.5 Å². The molecule has 116 valence electrons. The van der Waals surface area contributed by atoms with Crippen LogP contribution in [0, 0.1) is 5.92 Å². The number of nitrogens with zero attached hydrogens (tertiary/aromatic N) is 2. The molecule has 2 rings (SSSR count). The van der Waals surface area contributed by atoms with Gasteiger partial charge in [0.1, 0.15) is 11.8 Å². The molecule has 0 bridgehead atoms. The Labute approximate surface area is 128 Å². The first-order valence-corrected chi connectivity index (χ1v) is 8.12. The third kappa shape index (κ3) is 4.17. The van der Waals surface area contributed by atoms with E-state index in [0.29, 0.717) is 16.7 Å². The molecular formula is C14H21N3O3S. The Kier molecular flexibility index (Phi) is 5.55. The van der Waals surface area contributed by atoms with Gasteiger partial charge in [0, 0.05) is 5.38 Å². The minimum atomic E-state index is -0.536. The molecule has 0 radical (unpaired) electrons. The number of hydrogen-bond donors (Lipinski definition) is 1. The molecule has 1 fully saturated rings. The average Bonchev–Trinajstić information content (AvgIpc) is 2.88. The molecule has 1 aromatic rings. The van der Waals surface area contributed by atoms with Gasteiger partial charge >= 0.3 is 5.97 Å². The Bertz CT molecular complexity index is 515. The Balaban J connectivity index is 2.14. The van der Waals surface area contributed by atoms with Crippen LogP contribution in [0.1, 0.15) is 45.2 Å². The smallest absolute Gasteiger partial charge is 0.362 e. The van der Waals surface area contributed by atoms with Crippen molar-refractivity contribution >= 4 is 28.1 Å². The van der Waals surface area contributed by atoms with E-state index in [-0.39, 0.29) is 18.4 Å². The van der Waals surface area contributed by atoms with E-state index in [2.05, 4.69) is 17.1 Å². The fraction of sp³-hybridized carbons (Fsp3) is 0.643. The molecule has 2 N–H and O–H groups in total. The SMILES string of the molecule is CCOC(=O)/C(=N\O[C@@H]1CCCC[C@H]1C)c1csc(N)n1. The Morgan fingerprint density at radius 2 is 2.29 bits per heavy atom. The van der Waals surface area contributed by atoms with Gasteiger partial charge in [-0.2, -0.15) is 0 Å². The number of anilines is 1. The quantitative estimate of drug-likeness (QED) is 0.513. The van der Waals surface area contributed by atoms with Crippen LogP contribution in [0.4, 0.5) is 5.13 Å². The van der Waals surface area contributed by atoms with Crippen LogP contribution in [0.2, 0.25) is 0 Å². The molecule has 0 unspecified atom stereocenters. The largest absolute Gasteiger partial charge is 0.461 e. The first-order chi connectivity index (χ1) is 10.1. The molecule has 0 amide bonds. The topological polar surface area (TPSA) is 86.8 Å². The molecule has 7 heteroatoms. The van der Waals surface area contributed by atoms with Gasteiger partial charge in [-0.05, 0) is 32.1 Å². The lowest BCUT2D eigenvalue weighted by Crippen LogP contribution is -2.26. The standard InChI is InChI=1S/C14H21N3O3S/c1-3-19-13(18)12(10-8-21-14(15)16-10)17-20-11-7-5-4-6-9(11)2/h8-9,11H,3-7H2,1-2H3,(H2,15,16)/b17-12-/t9-,11-/m1/s1. The number of nitrogens with two attached hydrogens (primary N) is 1. The maximum absolute atomic E-state index is 12.0. The van der Waals surface area contributed by atoms with Crippen molar-refractivity contribution in [1.82, 2.24) is 4.98 Å². The Morgan fingerprint density at radius 1 is 1.52 bits per heavy atom. The van der Waals surface area contributed by atoms with E-state index in [1.54, 1.807) is 12.3 Å². The molecule has 0 aromatic carbocycles. The normalized spacial score (nSPS) is 22.9. The highest BCUT2D eigenvalue weighted by atomic mass is 32.1. The number of rotatable bonds is 5. The monoisotopic (exact) mass is 311 g/mol. The minimum absolute atomic E-state index is 0.0409. The summed E-state index contributed by atoms with van der Waals surface area (Å²) in [5, 5.41) is 6.09. The molecule has 2 atom stereocenters. The van der Waals surface area contributed by atoms with Gasteiger partial charge < -0.3 is 15.3 Å². The van der Waals surface area contributed by atoms with Crippen molar-refractivity contribution < 1.29 is 14.4 Å². The zero-order valence-electron chi connectivity index (χ0n) is 12.4. The number of oxime groups is 1. The summed E-state index contributed by atoms with van der Waals surface area (Å²) in [7, 11) is 0. The number of ether oxygens (including phenoxy) is 1. The lowest BCUT2D eigenvalue weighted by atomic mass is 9.88. The molecule has 1 aromatic heterocycles. The van der Waals surface area contributed by atoms with Gasteiger partial charge in [0.25, 0.3) is 0 Å². The van der Waals surface area contributed by atoms with Crippen LogP contribution in [0.3, 0.4) is 0 Å². The van der Waals surface area contributed by atoms with E-state index >= 15 is 0 Å². The van der Waals surface area contributed by atoms with Gasteiger partial charge in [0.2, 0.25) is 5.71 Å². The maximum Gasteiger partial charge on any atom is 0.362 e.